The van der Waals surface area contributed by atoms with E-state index in [1.165, 1.54) is 0 Å². The lowest BCUT2D eigenvalue weighted by atomic mass is 9.98. The van der Waals surface area contributed by atoms with Gasteiger partial charge in [-0.3, -0.25) is 4.79 Å². The minimum absolute atomic E-state index is 0.130. The molecule has 0 fully saturated rings. The molecule has 0 saturated heterocycles. The molecule has 22 heavy (non-hydrogen) atoms. The number of hydrogen-bond acceptors (Lipinski definition) is 2. The predicted molar refractivity (Wildman–Crippen MR) is 95.8 cm³/mol. The predicted octanol–water partition coefficient (Wildman–Crippen LogP) is 5.08. The molecule has 1 N–H and O–H groups in total. The van der Waals surface area contributed by atoms with Crippen molar-refractivity contribution >= 4 is 5.78 Å². The Morgan fingerprint density at radius 1 is 1.23 bits per heavy atom. The molecule has 2 nitrogen and oxygen atoms in total. The van der Waals surface area contributed by atoms with E-state index in [0.717, 1.165) is 23.1 Å². The minimum atomic E-state index is -0.849. The molecule has 0 aliphatic carbocycles. The molecule has 0 rings (SSSR count). The third-order valence-electron chi connectivity index (χ3n) is 3.18. The molecule has 0 radical (unpaired) electrons. The highest BCUT2D eigenvalue weighted by molar-refractivity contribution is 5.91. The first-order valence-electron chi connectivity index (χ1n) is 7.70. The Morgan fingerprint density at radius 2 is 1.86 bits per heavy atom. The van der Waals surface area contributed by atoms with Crippen LogP contribution in [0.5, 0.6) is 0 Å². The van der Waals surface area contributed by atoms with Crippen LogP contribution >= 0.6 is 0 Å². The Bertz CT molecular complexity index is 496. The maximum absolute atomic E-state index is 11.7. The lowest BCUT2D eigenvalue weighted by molar-refractivity contribution is -0.114. The van der Waals surface area contributed by atoms with Gasteiger partial charge in [0.15, 0.2) is 5.78 Å². The highest BCUT2D eigenvalue weighted by atomic mass is 16.3. The molecule has 2 heteroatoms. The number of rotatable bonds is 9. The third kappa shape index (κ3) is 11.0. The summed E-state index contributed by atoms with van der Waals surface area (Å²) in [6, 6.07) is 0. The van der Waals surface area contributed by atoms with Gasteiger partial charge in [-0.05, 0) is 53.5 Å². The van der Waals surface area contributed by atoms with E-state index in [-0.39, 0.29) is 5.78 Å². The summed E-state index contributed by atoms with van der Waals surface area (Å²) in [5.41, 5.74) is 2.28. The van der Waals surface area contributed by atoms with Gasteiger partial charge in [0, 0.05) is 6.42 Å². The van der Waals surface area contributed by atoms with Crippen LogP contribution in [0, 0.1) is 0 Å². The van der Waals surface area contributed by atoms with Gasteiger partial charge in [0.2, 0.25) is 0 Å². The van der Waals surface area contributed by atoms with Crippen molar-refractivity contribution in [2.45, 2.75) is 59.5 Å². The van der Waals surface area contributed by atoms with E-state index in [2.05, 4.69) is 6.58 Å². The van der Waals surface area contributed by atoms with Gasteiger partial charge in [0.05, 0.1) is 5.60 Å². The Labute approximate surface area is 135 Å². The lowest BCUT2D eigenvalue weighted by Gasteiger charge is -2.17. The SMILES string of the molecule is C=C/C(C)=C/C=C/C(C)(O)CC/C=C(\C)CC(=O)C=C(C)C. The number of carbonyl (C=O) groups excluding carboxylic acids is 1. The Hall–Kier alpha value is -1.67. The van der Waals surface area contributed by atoms with Crippen molar-refractivity contribution in [2.24, 2.45) is 0 Å². The van der Waals surface area contributed by atoms with Crippen LogP contribution in [0.15, 0.2) is 59.8 Å². The first-order valence-corrected chi connectivity index (χ1v) is 7.70. The van der Waals surface area contributed by atoms with E-state index < -0.39 is 5.60 Å². The summed E-state index contributed by atoms with van der Waals surface area (Å²) in [5, 5.41) is 10.3. The van der Waals surface area contributed by atoms with Gasteiger partial charge in [-0.25, -0.2) is 0 Å². The summed E-state index contributed by atoms with van der Waals surface area (Å²) in [4.78, 5) is 11.7. The smallest absolute Gasteiger partial charge is 0.159 e. The molecule has 0 saturated carbocycles. The third-order valence-corrected chi connectivity index (χ3v) is 3.18. The van der Waals surface area contributed by atoms with E-state index in [0.29, 0.717) is 12.8 Å². The van der Waals surface area contributed by atoms with Crippen LogP contribution in [0.1, 0.15) is 53.9 Å². The highest BCUT2D eigenvalue weighted by Crippen LogP contribution is 2.16. The zero-order chi connectivity index (χ0) is 17.2. The fraction of sp³-hybridized carbons (Fsp3) is 0.450. The van der Waals surface area contributed by atoms with Crippen molar-refractivity contribution in [2.75, 3.05) is 0 Å². The average molecular weight is 302 g/mol. The molecule has 1 unspecified atom stereocenters. The zero-order valence-corrected chi connectivity index (χ0v) is 14.6. The van der Waals surface area contributed by atoms with Crippen LogP contribution in [0.2, 0.25) is 0 Å². The summed E-state index contributed by atoms with van der Waals surface area (Å²) in [6.45, 7) is 13.2. The quantitative estimate of drug-likeness (QED) is 0.366. The van der Waals surface area contributed by atoms with Gasteiger partial charge in [-0.1, -0.05) is 53.7 Å². The zero-order valence-electron chi connectivity index (χ0n) is 14.6. The maximum Gasteiger partial charge on any atom is 0.159 e. The molecule has 0 spiro atoms. The summed E-state index contributed by atoms with van der Waals surface area (Å²) in [6.07, 6.45) is 12.9. The normalized spacial score (nSPS) is 15.5. The Balaban J connectivity index is 4.42. The number of ketones is 1. The summed E-state index contributed by atoms with van der Waals surface area (Å²) in [5.74, 6) is 0.130. The molecule has 0 aromatic rings. The molecule has 1 atom stereocenters. The van der Waals surface area contributed by atoms with Crippen molar-refractivity contribution in [1.29, 1.82) is 0 Å². The largest absolute Gasteiger partial charge is 0.386 e. The lowest BCUT2D eigenvalue weighted by Crippen LogP contribution is -2.19. The van der Waals surface area contributed by atoms with E-state index in [4.69, 9.17) is 0 Å². The average Bonchev–Trinajstić information content (AvgIpc) is 2.36. The van der Waals surface area contributed by atoms with Crippen LogP contribution < -0.4 is 0 Å². The van der Waals surface area contributed by atoms with Crippen molar-refractivity contribution in [1.82, 2.24) is 0 Å². The van der Waals surface area contributed by atoms with Gasteiger partial charge >= 0.3 is 0 Å². The molecule has 0 aliphatic rings. The molecular weight excluding hydrogens is 272 g/mol. The van der Waals surface area contributed by atoms with Gasteiger partial charge in [0.25, 0.3) is 0 Å². The summed E-state index contributed by atoms with van der Waals surface area (Å²) >= 11 is 0. The van der Waals surface area contributed by atoms with Crippen molar-refractivity contribution in [3.8, 4) is 0 Å². The number of allylic oxidation sites excluding steroid dienone is 8. The van der Waals surface area contributed by atoms with E-state index in [9.17, 15) is 9.90 Å². The second kappa shape index (κ2) is 10.1. The van der Waals surface area contributed by atoms with Crippen LogP contribution in [0.4, 0.5) is 0 Å². The number of aliphatic hydroxyl groups is 1. The van der Waals surface area contributed by atoms with E-state index >= 15 is 0 Å². The molecule has 0 aromatic carbocycles. The Morgan fingerprint density at radius 3 is 2.41 bits per heavy atom. The molecule has 0 aliphatic heterocycles. The molecule has 0 amide bonds. The molecular formula is C20H30O2. The summed E-state index contributed by atoms with van der Waals surface area (Å²) < 4.78 is 0. The number of carbonyl (C=O) groups is 1. The highest BCUT2D eigenvalue weighted by Gasteiger charge is 2.14. The topological polar surface area (TPSA) is 37.3 Å². The van der Waals surface area contributed by atoms with Crippen LogP contribution in [-0.4, -0.2) is 16.5 Å². The van der Waals surface area contributed by atoms with Crippen LogP contribution in [0.3, 0.4) is 0 Å². The minimum Gasteiger partial charge on any atom is -0.386 e. The monoisotopic (exact) mass is 302 g/mol. The van der Waals surface area contributed by atoms with Crippen molar-refractivity contribution < 1.29 is 9.90 Å². The fourth-order valence-electron chi connectivity index (χ4n) is 1.89. The standard InChI is InChI=1S/C20H30O2/c1-7-17(4)10-8-12-20(6,22)13-9-11-18(5)15-19(21)14-16(2)3/h7-8,10-12,14,22H,1,9,13,15H2,2-6H3/b12-8+,17-10+,18-11+. The molecule has 0 heterocycles. The second-order valence-corrected chi connectivity index (χ2v) is 6.29. The molecule has 122 valence electrons. The van der Waals surface area contributed by atoms with E-state index in [1.807, 2.05) is 45.9 Å². The van der Waals surface area contributed by atoms with Crippen molar-refractivity contribution in [3.05, 3.63) is 59.8 Å². The summed E-state index contributed by atoms with van der Waals surface area (Å²) in [7, 11) is 0. The molecule has 0 bridgehead atoms. The number of hydrogen-bond donors (Lipinski definition) is 1. The first kappa shape index (κ1) is 20.3. The fourth-order valence-corrected chi connectivity index (χ4v) is 1.89. The second-order valence-electron chi connectivity index (χ2n) is 6.29. The van der Waals surface area contributed by atoms with Gasteiger partial charge < -0.3 is 5.11 Å². The van der Waals surface area contributed by atoms with Gasteiger partial charge in [-0.2, -0.15) is 0 Å². The van der Waals surface area contributed by atoms with Gasteiger partial charge in [0.1, 0.15) is 0 Å². The van der Waals surface area contributed by atoms with Crippen LogP contribution in [-0.2, 0) is 4.79 Å². The van der Waals surface area contributed by atoms with Gasteiger partial charge in [-0.15, -0.1) is 0 Å². The molecule has 0 aromatic heterocycles. The van der Waals surface area contributed by atoms with Crippen LogP contribution in [0.25, 0.3) is 0 Å². The maximum atomic E-state index is 11.7. The Kier molecular flexibility index (Phi) is 9.35. The van der Waals surface area contributed by atoms with Crippen molar-refractivity contribution in [3.63, 3.8) is 0 Å². The van der Waals surface area contributed by atoms with E-state index in [1.54, 1.807) is 25.2 Å². The first-order chi connectivity index (χ1) is 10.2.